The van der Waals surface area contributed by atoms with Crippen LogP contribution in [-0.4, -0.2) is 25.9 Å². The first-order chi connectivity index (χ1) is 13.1. The van der Waals surface area contributed by atoms with Gasteiger partial charge in [-0.1, -0.05) is 31.2 Å². The maximum Gasteiger partial charge on any atom is 0.352 e. The van der Waals surface area contributed by atoms with Crippen molar-refractivity contribution in [2.45, 2.75) is 26.4 Å². The molecule has 0 bridgehead atoms. The molecule has 0 saturated carbocycles. The molecular formula is C20H20N4O3. The number of benzene rings is 2. The SMILES string of the molecule is CCCn1c(=O)c2ccccc2n2c(=O)n(Cc3cccc(OC)c3)nc12. The zero-order valence-electron chi connectivity index (χ0n) is 15.3. The molecular weight excluding hydrogens is 344 g/mol. The molecule has 7 heteroatoms. The number of hydrogen-bond donors (Lipinski definition) is 0. The quantitative estimate of drug-likeness (QED) is 0.545. The fourth-order valence-electron chi connectivity index (χ4n) is 3.34. The maximum absolute atomic E-state index is 13.1. The van der Waals surface area contributed by atoms with Crippen LogP contribution in [0, 0.1) is 0 Å². The highest BCUT2D eigenvalue weighted by Gasteiger charge is 2.17. The van der Waals surface area contributed by atoms with Gasteiger partial charge in [-0.25, -0.2) is 13.9 Å². The van der Waals surface area contributed by atoms with Gasteiger partial charge in [-0.05, 0) is 36.2 Å². The first-order valence-corrected chi connectivity index (χ1v) is 8.88. The van der Waals surface area contributed by atoms with Gasteiger partial charge in [-0.3, -0.25) is 9.36 Å². The van der Waals surface area contributed by atoms with Gasteiger partial charge in [0.15, 0.2) is 0 Å². The number of rotatable bonds is 5. The monoisotopic (exact) mass is 364 g/mol. The number of hydrogen-bond acceptors (Lipinski definition) is 4. The Balaban J connectivity index is 1.97. The van der Waals surface area contributed by atoms with Gasteiger partial charge in [0.1, 0.15) is 5.75 Å². The van der Waals surface area contributed by atoms with Crippen LogP contribution in [0.15, 0.2) is 58.1 Å². The summed E-state index contributed by atoms with van der Waals surface area (Å²) in [6, 6.07) is 14.6. The smallest absolute Gasteiger partial charge is 0.352 e. The van der Waals surface area contributed by atoms with Crippen LogP contribution in [0.4, 0.5) is 0 Å². The molecule has 0 N–H and O–H groups in total. The molecule has 0 spiro atoms. The Labute approximate surface area is 155 Å². The summed E-state index contributed by atoms with van der Waals surface area (Å²) in [5.41, 5.74) is 1.08. The van der Waals surface area contributed by atoms with E-state index in [1.54, 1.807) is 29.9 Å². The summed E-state index contributed by atoms with van der Waals surface area (Å²) in [7, 11) is 1.60. The minimum absolute atomic E-state index is 0.126. The molecule has 2 heterocycles. The number of para-hydroxylation sites is 1. The van der Waals surface area contributed by atoms with Crippen molar-refractivity contribution in [2.24, 2.45) is 0 Å². The molecule has 0 fully saturated rings. The minimum Gasteiger partial charge on any atom is -0.497 e. The zero-order valence-corrected chi connectivity index (χ0v) is 15.3. The number of fused-ring (bicyclic) bond motifs is 3. The Bertz CT molecular complexity index is 1250. The normalized spacial score (nSPS) is 11.3. The maximum atomic E-state index is 13.1. The van der Waals surface area contributed by atoms with Crippen molar-refractivity contribution in [3.63, 3.8) is 0 Å². The summed E-state index contributed by atoms with van der Waals surface area (Å²) >= 11 is 0. The van der Waals surface area contributed by atoms with Gasteiger partial charge < -0.3 is 4.74 Å². The summed E-state index contributed by atoms with van der Waals surface area (Å²) < 4.78 is 9.73. The van der Waals surface area contributed by atoms with Crippen LogP contribution in [0.25, 0.3) is 16.7 Å². The molecule has 0 aliphatic heterocycles. The summed E-state index contributed by atoms with van der Waals surface area (Å²) in [5.74, 6) is 1.09. The number of ether oxygens (including phenoxy) is 1. The van der Waals surface area contributed by atoms with E-state index in [1.807, 2.05) is 37.3 Å². The van der Waals surface area contributed by atoms with Crippen molar-refractivity contribution in [3.05, 3.63) is 74.9 Å². The van der Waals surface area contributed by atoms with E-state index < -0.39 is 0 Å². The summed E-state index contributed by atoms with van der Waals surface area (Å²) in [6.45, 7) is 2.79. The number of nitrogens with zero attached hydrogens (tertiary/aromatic N) is 4. The molecule has 2 aromatic carbocycles. The lowest BCUT2D eigenvalue weighted by atomic mass is 10.2. The van der Waals surface area contributed by atoms with Crippen LogP contribution in [0.2, 0.25) is 0 Å². The van der Waals surface area contributed by atoms with Crippen molar-refractivity contribution in [1.82, 2.24) is 18.7 Å². The van der Waals surface area contributed by atoms with Crippen LogP contribution in [0.1, 0.15) is 18.9 Å². The zero-order chi connectivity index (χ0) is 19.0. The molecule has 2 aromatic heterocycles. The Morgan fingerprint density at radius 1 is 1.07 bits per heavy atom. The third-order valence-corrected chi connectivity index (χ3v) is 4.60. The van der Waals surface area contributed by atoms with Gasteiger partial charge in [-0.15, -0.1) is 5.10 Å². The van der Waals surface area contributed by atoms with Crippen LogP contribution in [0.5, 0.6) is 5.75 Å². The average molecular weight is 364 g/mol. The molecule has 0 atom stereocenters. The second kappa shape index (κ2) is 6.75. The van der Waals surface area contributed by atoms with Crippen molar-refractivity contribution < 1.29 is 4.74 Å². The van der Waals surface area contributed by atoms with E-state index in [2.05, 4.69) is 5.10 Å². The average Bonchev–Trinajstić information content (AvgIpc) is 3.01. The third-order valence-electron chi connectivity index (χ3n) is 4.60. The molecule has 7 nitrogen and oxygen atoms in total. The van der Waals surface area contributed by atoms with E-state index in [9.17, 15) is 9.59 Å². The highest BCUT2D eigenvalue weighted by molar-refractivity contribution is 5.79. The lowest BCUT2D eigenvalue weighted by molar-refractivity contribution is 0.414. The van der Waals surface area contributed by atoms with Gasteiger partial charge in [0.2, 0.25) is 5.78 Å². The Kier molecular flexibility index (Phi) is 4.27. The van der Waals surface area contributed by atoms with E-state index in [0.29, 0.717) is 29.8 Å². The number of aryl methyl sites for hydroxylation is 1. The molecule has 4 aromatic rings. The molecule has 0 aliphatic rings. The van der Waals surface area contributed by atoms with Gasteiger partial charge in [0, 0.05) is 6.54 Å². The minimum atomic E-state index is -0.270. The third kappa shape index (κ3) is 2.81. The highest BCUT2D eigenvalue weighted by Crippen LogP contribution is 2.14. The largest absolute Gasteiger partial charge is 0.497 e. The first kappa shape index (κ1) is 17.1. The molecule has 138 valence electrons. The van der Waals surface area contributed by atoms with Crippen LogP contribution in [0.3, 0.4) is 0 Å². The van der Waals surface area contributed by atoms with Gasteiger partial charge in [-0.2, -0.15) is 0 Å². The second-order valence-electron chi connectivity index (χ2n) is 6.40. The van der Waals surface area contributed by atoms with Crippen molar-refractivity contribution in [3.8, 4) is 5.75 Å². The first-order valence-electron chi connectivity index (χ1n) is 8.88. The lowest BCUT2D eigenvalue weighted by Gasteiger charge is -2.07. The highest BCUT2D eigenvalue weighted by atomic mass is 16.5. The van der Waals surface area contributed by atoms with Gasteiger partial charge >= 0.3 is 5.69 Å². The Morgan fingerprint density at radius 3 is 2.67 bits per heavy atom. The number of aromatic nitrogens is 4. The predicted molar refractivity (Wildman–Crippen MR) is 104 cm³/mol. The van der Waals surface area contributed by atoms with E-state index in [-0.39, 0.29) is 11.2 Å². The Morgan fingerprint density at radius 2 is 1.89 bits per heavy atom. The molecule has 27 heavy (non-hydrogen) atoms. The lowest BCUT2D eigenvalue weighted by Crippen LogP contribution is -2.26. The summed E-state index contributed by atoms with van der Waals surface area (Å²) in [5, 5.41) is 5.00. The molecule has 0 radical (unpaired) electrons. The van der Waals surface area contributed by atoms with Gasteiger partial charge in [0.25, 0.3) is 5.56 Å². The van der Waals surface area contributed by atoms with Crippen molar-refractivity contribution in [2.75, 3.05) is 7.11 Å². The van der Waals surface area contributed by atoms with Crippen LogP contribution < -0.4 is 16.0 Å². The van der Waals surface area contributed by atoms with E-state index in [1.165, 1.54) is 9.08 Å². The van der Waals surface area contributed by atoms with E-state index in [4.69, 9.17) is 4.74 Å². The van der Waals surface area contributed by atoms with Crippen LogP contribution >= 0.6 is 0 Å². The molecule has 4 rings (SSSR count). The second-order valence-corrected chi connectivity index (χ2v) is 6.40. The van der Waals surface area contributed by atoms with Crippen LogP contribution in [-0.2, 0) is 13.1 Å². The van der Waals surface area contributed by atoms with E-state index >= 15 is 0 Å². The Hall–Kier alpha value is -3.35. The fourth-order valence-corrected chi connectivity index (χ4v) is 3.34. The summed E-state index contributed by atoms with van der Waals surface area (Å²) in [4.78, 5) is 26.0. The predicted octanol–water partition coefficient (Wildman–Crippen LogP) is 2.28. The fraction of sp³-hybridized carbons (Fsp3) is 0.250. The summed E-state index contributed by atoms with van der Waals surface area (Å²) in [6.07, 6.45) is 0.769. The van der Waals surface area contributed by atoms with Crippen molar-refractivity contribution in [1.29, 1.82) is 0 Å². The van der Waals surface area contributed by atoms with Crippen molar-refractivity contribution >= 4 is 16.7 Å². The molecule has 0 saturated heterocycles. The standard InChI is InChI=1S/C20H20N4O3/c1-3-11-22-18(25)16-9-4-5-10-17(16)24-19(22)21-23(20(24)26)13-14-7-6-8-15(12-14)27-2/h4-10,12H,3,11,13H2,1-2H3. The number of methoxy groups -OCH3 is 1. The molecule has 0 amide bonds. The molecule has 0 aliphatic carbocycles. The topological polar surface area (TPSA) is 70.5 Å². The molecule has 0 unspecified atom stereocenters. The van der Waals surface area contributed by atoms with E-state index in [0.717, 1.165) is 17.7 Å². The van der Waals surface area contributed by atoms with Gasteiger partial charge in [0.05, 0.1) is 24.6 Å².